The number of carbonyl (C=O) groups excluding carboxylic acids is 2. The lowest BCUT2D eigenvalue weighted by Gasteiger charge is -2.22. The molecule has 158 valence electrons. The van der Waals surface area contributed by atoms with Crippen LogP contribution < -0.4 is 19.5 Å². The highest BCUT2D eigenvalue weighted by Crippen LogP contribution is 2.31. The summed E-state index contributed by atoms with van der Waals surface area (Å²) in [6.45, 7) is 1.56. The summed E-state index contributed by atoms with van der Waals surface area (Å²) in [5.41, 5.74) is 0.958. The van der Waals surface area contributed by atoms with Gasteiger partial charge in [0.05, 0.1) is 39.4 Å². The van der Waals surface area contributed by atoms with Crippen LogP contribution in [-0.4, -0.2) is 39.3 Å². The van der Waals surface area contributed by atoms with Gasteiger partial charge in [-0.15, -0.1) is 0 Å². The second-order valence-electron chi connectivity index (χ2n) is 6.32. The van der Waals surface area contributed by atoms with Crippen LogP contribution in [0.3, 0.4) is 0 Å². The fourth-order valence-electron chi connectivity index (χ4n) is 2.77. The number of hydrogen-bond donors (Lipinski definition) is 1. The Morgan fingerprint density at radius 3 is 2.37 bits per heavy atom. The van der Waals surface area contributed by atoms with E-state index in [9.17, 15) is 14.9 Å². The van der Waals surface area contributed by atoms with Crippen LogP contribution in [0.25, 0.3) is 0 Å². The highest BCUT2D eigenvalue weighted by atomic mass is 16.5. The fraction of sp³-hybridized carbons (Fsp3) is 0.318. The molecule has 0 aliphatic heterocycles. The van der Waals surface area contributed by atoms with E-state index in [1.807, 2.05) is 6.07 Å². The van der Waals surface area contributed by atoms with Crippen molar-refractivity contribution in [2.75, 3.05) is 21.3 Å². The summed E-state index contributed by atoms with van der Waals surface area (Å²) in [5.74, 6) is 0.351. The molecule has 2 unspecified atom stereocenters. The van der Waals surface area contributed by atoms with Crippen LogP contribution in [0.1, 0.15) is 30.5 Å². The first-order chi connectivity index (χ1) is 14.4. The number of ether oxygens (including phenoxy) is 4. The Balaban J connectivity index is 2.22. The molecule has 1 amide bonds. The van der Waals surface area contributed by atoms with E-state index in [2.05, 4.69) is 5.32 Å². The molecule has 0 aliphatic carbocycles. The monoisotopic (exact) mass is 412 g/mol. The minimum absolute atomic E-state index is 0.0841. The van der Waals surface area contributed by atoms with Gasteiger partial charge in [0.2, 0.25) is 0 Å². The van der Waals surface area contributed by atoms with E-state index >= 15 is 0 Å². The SMILES string of the molecule is COC(=O)CC(NC(=O)C(C)Oc1ccccc1C#N)c1ccc(OC)c(OC)c1. The number of amides is 1. The third-order valence-corrected chi connectivity index (χ3v) is 4.41. The van der Waals surface area contributed by atoms with Crippen LogP contribution in [0.2, 0.25) is 0 Å². The lowest BCUT2D eigenvalue weighted by atomic mass is 10.0. The quantitative estimate of drug-likeness (QED) is 0.631. The summed E-state index contributed by atoms with van der Waals surface area (Å²) < 4.78 is 20.9. The molecule has 0 radical (unpaired) electrons. The Morgan fingerprint density at radius 2 is 1.73 bits per heavy atom. The van der Waals surface area contributed by atoms with Gasteiger partial charge < -0.3 is 24.3 Å². The van der Waals surface area contributed by atoms with E-state index in [-0.39, 0.29) is 6.42 Å². The average Bonchev–Trinajstić information content (AvgIpc) is 2.78. The molecule has 1 N–H and O–H groups in total. The second kappa shape index (κ2) is 10.7. The molecule has 2 atom stereocenters. The lowest BCUT2D eigenvalue weighted by Crippen LogP contribution is -2.39. The summed E-state index contributed by atoms with van der Waals surface area (Å²) in [6, 6.07) is 13.1. The number of rotatable bonds is 9. The Hall–Kier alpha value is -3.73. The van der Waals surface area contributed by atoms with Crippen molar-refractivity contribution in [3.8, 4) is 23.3 Å². The highest BCUT2D eigenvalue weighted by molar-refractivity contribution is 5.82. The second-order valence-corrected chi connectivity index (χ2v) is 6.32. The minimum atomic E-state index is -0.903. The zero-order valence-corrected chi connectivity index (χ0v) is 17.3. The third kappa shape index (κ3) is 5.64. The van der Waals surface area contributed by atoms with Crippen LogP contribution in [0.4, 0.5) is 0 Å². The van der Waals surface area contributed by atoms with Gasteiger partial charge in [-0.3, -0.25) is 9.59 Å². The van der Waals surface area contributed by atoms with Crippen LogP contribution in [0.15, 0.2) is 42.5 Å². The maximum Gasteiger partial charge on any atom is 0.307 e. The van der Waals surface area contributed by atoms with Crippen molar-refractivity contribution in [1.29, 1.82) is 5.26 Å². The predicted octanol–water partition coefficient (Wildman–Crippen LogP) is 2.76. The lowest BCUT2D eigenvalue weighted by molar-refractivity contribution is -0.141. The van der Waals surface area contributed by atoms with Gasteiger partial charge in [-0.25, -0.2) is 0 Å². The molecule has 2 aromatic carbocycles. The van der Waals surface area contributed by atoms with Crippen molar-refractivity contribution in [2.24, 2.45) is 0 Å². The number of esters is 1. The van der Waals surface area contributed by atoms with E-state index in [1.165, 1.54) is 21.3 Å². The Morgan fingerprint density at radius 1 is 1.03 bits per heavy atom. The molecule has 0 spiro atoms. The molecule has 0 fully saturated rings. The minimum Gasteiger partial charge on any atom is -0.493 e. The molecule has 8 nitrogen and oxygen atoms in total. The molecule has 0 aromatic heterocycles. The van der Waals surface area contributed by atoms with Gasteiger partial charge in [-0.05, 0) is 36.8 Å². The van der Waals surface area contributed by atoms with Gasteiger partial charge in [0.1, 0.15) is 11.8 Å². The fourth-order valence-corrected chi connectivity index (χ4v) is 2.77. The van der Waals surface area contributed by atoms with Crippen molar-refractivity contribution < 1.29 is 28.5 Å². The molecule has 2 aromatic rings. The van der Waals surface area contributed by atoms with Gasteiger partial charge in [0, 0.05) is 0 Å². The number of benzene rings is 2. The third-order valence-electron chi connectivity index (χ3n) is 4.41. The normalized spacial score (nSPS) is 12.1. The van der Waals surface area contributed by atoms with Crippen LogP contribution in [-0.2, 0) is 14.3 Å². The average molecular weight is 412 g/mol. The van der Waals surface area contributed by atoms with E-state index in [0.29, 0.717) is 28.4 Å². The molecule has 2 rings (SSSR count). The first-order valence-electron chi connectivity index (χ1n) is 9.18. The van der Waals surface area contributed by atoms with E-state index in [1.54, 1.807) is 49.4 Å². The van der Waals surface area contributed by atoms with Gasteiger partial charge in [-0.2, -0.15) is 5.26 Å². The van der Waals surface area contributed by atoms with Crippen LogP contribution in [0, 0.1) is 11.3 Å². The van der Waals surface area contributed by atoms with Crippen molar-refractivity contribution in [1.82, 2.24) is 5.32 Å². The first kappa shape index (κ1) is 22.6. The number of nitriles is 1. The number of para-hydroxylation sites is 1. The molecular weight excluding hydrogens is 388 g/mol. The molecule has 0 heterocycles. The van der Waals surface area contributed by atoms with Gasteiger partial charge in [0.25, 0.3) is 5.91 Å². The van der Waals surface area contributed by atoms with Crippen molar-refractivity contribution in [3.63, 3.8) is 0 Å². The van der Waals surface area contributed by atoms with Crippen molar-refractivity contribution in [3.05, 3.63) is 53.6 Å². The van der Waals surface area contributed by atoms with Gasteiger partial charge >= 0.3 is 5.97 Å². The maximum absolute atomic E-state index is 12.8. The van der Waals surface area contributed by atoms with Crippen molar-refractivity contribution >= 4 is 11.9 Å². The van der Waals surface area contributed by atoms with Crippen LogP contribution >= 0.6 is 0 Å². The summed E-state index contributed by atoms with van der Waals surface area (Å²) in [6.07, 6.45) is -0.987. The maximum atomic E-state index is 12.8. The standard InChI is InChI=1S/C22H24N2O6/c1-14(30-18-8-6-5-7-16(18)13-23)22(26)24-17(12-21(25)29-4)15-9-10-19(27-2)20(11-15)28-3/h5-11,14,17H,12H2,1-4H3,(H,24,26). The summed E-state index contributed by atoms with van der Waals surface area (Å²) in [7, 11) is 4.29. The molecule has 30 heavy (non-hydrogen) atoms. The molecule has 0 aliphatic rings. The van der Waals surface area contributed by atoms with Gasteiger partial charge in [-0.1, -0.05) is 18.2 Å². The summed E-state index contributed by atoms with van der Waals surface area (Å²) in [4.78, 5) is 24.7. The number of methoxy groups -OCH3 is 3. The van der Waals surface area contributed by atoms with Crippen molar-refractivity contribution in [2.45, 2.75) is 25.5 Å². The van der Waals surface area contributed by atoms with E-state index in [4.69, 9.17) is 18.9 Å². The van der Waals surface area contributed by atoms with Crippen LogP contribution in [0.5, 0.6) is 17.2 Å². The first-order valence-corrected chi connectivity index (χ1v) is 9.18. The summed E-state index contributed by atoms with van der Waals surface area (Å²) in [5, 5.41) is 12.0. The Kier molecular flexibility index (Phi) is 8.06. The largest absolute Gasteiger partial charge is 0.493 e. The topological polar surface area (TPSA) is 107 Å². The van der Waals surface area contributed by atoms with E-state index in [0.717, 1.165) is 0 Å². The molecule has 0 saturated carbocycles. The number of hydrogen-bond acceptors (Lipinski definition) is 7. The molecule has 0 saturated heterocycles. The Bertz CT molecular complexity index is 937. The molecular formula is C22H24N2O6. The van der Waals surface area contributed by atoms with Gasteiger partial charge in [0.15, 0.2) is 17.6 Å². The number of carbonyl (C=O) groups is 2. The highest BCUT2D eigenvalue weighted by Gasteiger charge is 2.24. The smallest absolute Gasteiger partial charge is 0.307 e. The number of nitrogens with zero attached hydrogens (tertiary/aromatic N) is 1. The molecule has 8 heteroatoms. The Labute approximate surface area is 175 Å². The number of nitrogens with one attached hydrogen (secondary N) is 1. The zero-order valence-electron chi connectivity index (χ0n) is 17.3. The summed E-state index contributed by atoms with van der Waals surface area (Å²) >= 11 is 0. The van der Waals surface area contributed by atoms with E-state index < -0.39 is 24.0 Å². The molecule has 0 bridgehead atoms. The predicted molar refractivity (Wildman–Crippen MR) is 108 cm³/mol. The zero-order chi connectivity index (χ0) is 22.1.